The second-order valence-electron chi connectivity index (χ2n) is 6.44. The molecule has 1 saturated carbocycles. The minimum absolute atomic E-state index is 0.457. The number of benzene rings is 1. The van der Waals surface area contributed by atoms with E-state index in [9.17, 15) is 0 Å². The summed E-state index contributed by atoms with van der Waals surface area (Å²) in [5.74, 6) is 2.40. The first-order chi connectivity index (χ1) is 12.3. The molecule has 0 radical (unpaired) electrons. The lowest BCUT2D eigenvalue weighted by Crippen LogP contribution is -2.39. The number of rotatable bonds is 7. The van der Waals surface area contributed by atoms with Crippen molar-refractivity contribution in [2.45, 2.75) is 58.5 Å². The summed E-state index contributed by atoms with van der Waals surface area (Å²) in [7, 11) is 0. The fraction of sp³-hybridized carbons (Fsp3) is 0.500. The van der Waals surface area contributed by atoms with E-state index in [0.717, 1.165) is 48.8 Å². The van der Waals surface area contributed by atoms with Crippen LogP contribution in [-0.2, 0) is 19.4 Å². The second-order valence-corrected chi connectivity index (χ2v) is 6.44. The summed E-state index contributed by atoms with van der Waals surface area (Å²) in [5, 5.41) is 11.1. The molecule has 0 spiro atoms. The van der Waals surface area contributed by atoms with Crippen LogP contribution >= 0.6 is 0 Å². The smallest absolute Gasteiger partial charge is 0.191 e. The first-order valence-corrected chi connectivity index (χ1v) is 9.32. The van der Waals surface area contributed by atoms with Gasteiger partial charge in [-0.1, -0.05) is 49.3 Å². The summed E-state index contributed by atoms with van der Waals surface area (Å²) >= 11 is 0. The number of nitrogens with zero attached hydrogens (tertiary/aromatic N) is 2. The normalized spacial score (nSPS) is 19.7. The summed E-state index contributed by atoms with van der Waals surface area (Å²) in [6.45, 7) is 7.73. The first-order valence-electron chi connectivity index (χ1n) is 9.32. The van der Waals surface area contributed by atoms with Crippen molar-refractivity contribution in [3.05, 3.63) is 52.9 Å². The Kier molecular flexibility index (Phi) is 5.74. The van der Waals surface area contributed by atoms with Gasteiger partial charge in [-0.05, 0) is 25.3 Å². The first kappa shape index (κ1) is 17.5. The van der Waals surface area contributed by atoms with E-state index in [-0.39, 0.29) is 0 Å². The van der Waals surface area contributed by atoms with Crippen LogP contribution in [0, 0.1) is 0 Å². The molecule has 0 bridgehead atoms. The molecule has 5 nitrogen and oxygen atoms in total. The van der Waals surface area contributed by atoms with E-state index in [0.29, 0.717) is 18.5 Å². The molecule has 2 aromatic rings. The maximum atomic E-state index is 5.44. The molecular weight excluding hydrogens is 312 g/mol. The molecule has 0 amide bonds. The van der Waals surface area contributed by atoms with Gasteiger partial charge < -0.3 is 15.2 Å². The zero-order chi connectivity index (χ0) is 17.6. The van der Waals surface area contributed by atoms with Crippen LogP contribution in [-0.4, -0.2) is 23.7 Å². The van der Waals surface area contributed by atoms with Gasteiger partial charge in [0.05, 0.1) is 12.2 Å². The van der Waals surface area contributed by atoms with Gasteiger partial charge in [-0.2, -0.15) is 0 Å². The molecular formula is C20H28N4O. The third-order valence-electron chi connectivity index (χ3n) is 4.69. The Morgan fingerprint density at radius 1 is 1.20 bits per heavy atom. The highest BCUT2D eigenvalue weighted by Crippen LogP contribution is 2.40. The van der Waals surface area contributed by atoms with Crippen molar-refractivity contribution in [1.82, 2.24) is 15.8 Å². The van der Waals surface area contributed by atoms with E-state index >= 15 is 0 Å². The van der Waals surface area contributed by atoms with E-state index in [4.69, 9.17) is 9.52 Å². The molecule has 1 aromatic heterocycles. The van der Waals surface area contributed by atoms with Gasteiger partial charge in [-0.3, -0.25) is 0 Å². The molecule has 0 saturated heterocycles. The second kappa shape index (κ2) is 8.19. The van der Waals surface area contributed by atoms with Crippen molar-refractivity contribution < 1.29 is 4.52 Å². The zero-order valence-electron chi connectivity index (χ0n) is 15.4. The highest BCUT2D eigenvalue weighted by Gasteiger charge is 2.38. The lowest BCUT2D eigenvalue weighted by atomic mass is 10.1. The largest absolute Gasteiger partial charge is 0.361 e. The molecule has 2 N–H and O–H groups in total. The quantitative estimate of drug-likeness (QED) is 0.599. The highest BCUT2D eigenvalue weighted by atomic mass is 16.5. The Balaban J connectivity index is 1.66. The van der Waals surface area contributed by atoms with Crippen molar-refractivity contribution in [3.63, 3.8) is 0 Å². The number of hydrogen-bond acceptors (Lipinski definition) is 3. The number of guanidine groups is 1. The van der Waals surface area contributed by atoms with Crippen molar-refractivity contribution >= 4 is 5.96 Å². The summed E-state index contributed by atoms with van der Waals surface area (Å²) in [5.41, 5.74) is 3.55. The molecule has 1 aliphatic rings. The van der Waals surface area contributed by atoms with E-state index in [1.165, 1.54) is 5.56 Å². The molecule has 2 unspecified atom stereocenters. The maximum Gasteiger partial charge on any atom is 0.191 e. The molecule has 5 heteroatoms. The summed E-state index contributed by atoms with van der Waals surface area (Å²) in [4.78, 5) is 4.78. The number of aryl methyl sites for hydroxylation is 2. The maximum absolute atomic E-state index is 5.44. The van der Waals surface area contributed by atoms with E-state index < -0.39 is 0 Å². The molecule has 25 heavy (non-hydrogen) atoms. The van der Waals surface area contributed by atoms with E-state index in [1.807, 2.05) is 0 Å². The van der Waals surface area contributed by atoms with E-state index in [2.05, 4.69) is 66.9 Å². The number of aromatic nitrogens is 1. The SMILES string of the molecule is CCNC(=NCc1c(CC)noc1CC)NC1CC1c1ccccc1. The molecule has 3 rings (SSSR count). The van der Waals surface area contributed by atoms with Crippen LogP contribution in [0.3, 0.4) is 0 Å². The van der Waals surface area contributed by atoms with Crippen molar-refractivity contribution in [1.29, 1.82) is 0 Å². The van der Waals surface area contributed by atoms with Crippen molar-refractivity contribution in [2.24, 2.45) is 4.99 Å². The van der Waals surface area contributed by atoms with Crippen molar-refractivity contribution in [3.8, 4) is 0 Å². The monoisotopic (exact) mass is 340 g/mol. The van der Waals surface area contributed by atoms with Gasteiger partial charge in [0.25, 0.3) is 0 Å². The van der Waals surface area contributed by atoms with Crippen LogP contribution in [0.5, 0.6) is 0 Å². The standard InChI is InChI=1S/C20H28N4O/c1-4-17-16(19(5-2)25-24-17)13-22-20(21-6-3)23-18-12-15(18)14-10-8-7-9-11-14/h7-11,15,18H,4-6,12-13H2,1-3H3,(H2,21,22,23). The Hall–Kier alpha value is -2.30. The average Bonchev–Trinajstić information content (AvgIpc) is 3.30. The van der Waals surface area contributed by atoms with Crippen LogP contribution in [0.4, 0.5) is 0 Å². The van der Waals surface area contributed by atoms with Crippen molar-refractivity contribution in [2.75, 3.05) is 6.54 Å². The van der Waals surface area contributed by atoms with Gasteiger partial charge >= 0.3 is 0 Å². The van der Waals surface area contributed by atoms with Crippen LogP contribution in [0.25, 0.3) is 0 Å². The third-order valence-corrected chi connectivity index (χ3v) is 4.69. The molecule has 134 valence electrons. The number of aliphatic imine (C=N–C) groups is 1. The van der Waals surface area contributed by atoms with Crippen LogP contribution < -0.4 is 10.6 Å². The minimum Gasteiger partial charge on any atom is -0.361 e. The Morgan fingerprint density at radius 2 is 2.00 bits per heavy atom. The molecule has 1 fully saturated rings. The number of hydrogen-bond donors (Lipinski definition) is 2. The average molecular weight is 340 g/mol. The molecule has 1 aromatic carbocycles. The highest BCUT2D eigenvalue weighted by molar-refractivity contribution is 5.80. The molecule has 1 heterocycles. The Labute approximate surface area is 149 Å². The van der Waals surface area contributed by atoms with Crippen LogP contribution in [0.15, 0.2) is 39.8 Å². The lowest BCUT2D eigenvalue weighted by molar-refractivity contribution is 0.380. The predicted molar refractivity (Wildman–Crippen MR) is 101 cm³/mol. The summed E-state index contributed by atoms with van der Waals surface area (Å²) in [6, 6.07) is 11.1. The van der Waals surface area contributed by atoms with Gasteiger partial charge in [0.2, 0.25) is 0 Å². The zero-order valence-corrected chi connectivity index (χ0v) is 15.4. The van der Waals surface area contributed by atoms with Crippen LogP contribution in [0.2, 0.25) is 0 Å². The lowest BCUT2D eigenvalue weighted by Gasteiger charge is -2.11. The fourth-order valence-corrected chi connectivity index (χ4v) is 3.19. The topological polar surface area (TPSA) is 62.5 Å². The van der Waals surface area contributed by atoms with E-state index in [1.54, 1.807) is 0 Å². The molecule has 0 aliphatic heterocycles. The van der Waals surface area contributed by atoms with Gasteiger partial charge in [0, 0.05) is 30.5 Å². The van der Waals surface area contributed by atoms with Crippen LogP contribution in [0.1, 0.15) is 55.7 Å². The Morgan fingerprint density at radius 3 is 2.68 bits per heavy atom. The summed E-state index contributed by atoms with van der Waals surface area (Å²) < 4.78 is 5.44. The molecule has 1 aliphatic carbocycles. The fourth-order valence-electron chi connectivity index (χ4n) is 3.19. The summed E-state index contributed by atoms with van der Waals surface area (Å²) in [6.07, 6.45) is 2.87. The minimum atomic E-state index is 0.457. The van der Waals surface area contributed by atoms with Gasteiger partial charge in [0.1, 0.15) is 5.76 Å². The predicted octanol–water partition coefficient (Wildman–Crippen LogP) is 3.41. The third kappa shape index (κ3) is 4.21. The van der Waals surface area contributed by atoms with Gasteiger partial charge in [-0.25, -0.2) is 4.99 Å². The molecule has 2 atom stereocenters. The number of nitrogens with one attached hydrogen (secondary N) is 2. The van der Waals surface area contributed by atoms with Gasteiger partial charge in [-0.15, -0.1) is 0 Å². The Bertz CT molecular complexity index is 686. The van der Waals surface area contributed by atoms with Gasteiger partial charge in [0.15, 0.2) is 5.96 Å².